The molecule has 0 atom stereocenters. The Morgan fingerprint density at radius 1 is 1.57 bits per heavy atom. The standard InChI is InChI=1S/C5H11NS/c1-7(2)4-3-6-5-7/h3H,4-5H2,1-2H3. The molecule has 0 saturated carbocycles. The molecule has 0 aromatic carbocycles. The minimum absolute atomic E-state index is 0.269. The first-order valence-corrected chi connectivity index (χ1v) is 5.16. The molecule has 7 heavy (non-hydrogen) atoms. The van der Waals surface area contributed by atoms with Crippen LogP contribution < -0.4 is 0 Å². The fourth-order valence-corrected chi connectivity index (χ4v) is 1.68. The molecule has 0 fully saturated rings. The molecule has 0 aliphatic carbocycles. The molecule has 0 spiro atoms. The lowest BCUT2D eigenvalue weighted by Crippen LogP contribution is -1.96. The van der Waals surface area contributed by atoms with Gasteiger partial charge < -0.3 is 0 Å². The average molecular weight is 117 g/mol. The summed E-state index contributed by atoms with van der Waals surface area (Å²) in [5, 5.41) is 0. The van der Waals surface area contributed by atoms with E-state index < -0.39 is 0 Å². The predicted molar refractivity (Wildman–Crippen MR) is 37.7 cm³/mol. The number of rotatable bonds is 0. The normalized spacial score (nSPS) is 30.6. The summed E-state index contributed by atoms with van der Waals surface area (Å²) >= 11 is 0. The van der Waals surface area contributed by atoms with Crippen LogP contribution in [0.15, 0.2) is 4.99 Å². The molecule has 1 nitrogen and oxygen atoms in total. The van der Waals surface area contributed by atoms with Crippen LogP contribution in [0.2, 0.25) is 0 Å². The van der Waals surface area contributed by atoms with Crippen LogP contribution in [0.4, 0.5) is 0 Å². The summed E-state index contributed by atoms with van der Waals surface area (Å²) in [6.07, 6.45) is 6.69. The molecule has 0 N–H and O–H groups in total. The van der Waals surface area contributed by atoms with Crippen LogP contribution in [-0.4, -0.2) is 30.4 Å². The minimum Gasteiger partial charge on any atom is -0.287 e. The van der Waals surface area contributed by atoms with E-state index in [1.54, 1.807) is 0 Å². The first kappa shape index (κ1) is 5.16. The van der Waals surface area contributed by atoms with Gasteiger partial charge in [0.15, 0.2) is 0 Å². The Morgan fingerprint density at radius 2 is 2.29 bits per heavy atom. The highest BCUT2D eigenvalue weighted by atomic mass is 32.3. The average Bonchev–Trinajstić information content (AvgIpc) is 1.84. The Bertz CT molecular complexity index is 86.3. The van der Waals surface area contributed by atoms with E-state index in [1.165, 1.54) is 5.75 Å². The van der Waals surface area contributed by atoms with Crippen molar-refractivity contribution in [1.82, 2.24) is 0 Å². The monoisotopic (exact) mass is 117 g/mol. The molecular formula is C5H11NS. The molecule has 1 aliphatic rings. The Morgan fingerprint density at radius 3 is 2.43 bits per heavy atom. The van der Waals surface area contributed by atoms with E-state index in [-0.39, 0.29) is 10.0 Å². The summed E-state index contributed by atoms with van der Waals surface area (Å²) in [5.74, 6) is 2.35. The van der Waals surface area contributed by atoms with Crippen molar-refractivity contribution < 1.29 is 0 Å². The third kappa shape index (κ3) is 1.20. The van der Waals surface area contributed by atoms with Gasteiger partial charge in [-0.1, -0.05) is 0 Å². The van der Waals surface area contributed by atoms with Crippen molar-refractivity contribution in [3.8, 4) is 0 Å². The van der Waals surface area contributed by atoms with Crippen molar-refractivity contribution in [1.29, 1.82) is 0 Å². The van der Waals surface area contributed by atoms with Crippen LogP contribution >= 0.6 is 10.0 Å². The highest BCUT2D eigenvalue weighted by Gasteiger charge is 2.12. The zero-order chi connectivity index (χ0) is 5.33. The van der Waals surface area contributed by atoms with Gasteiger partial charge in [-0.15, -0.1) is 0 Å². The molecule has 0 aromatic rings. The van der Waals surface area contributed by atoms with Crippen molar-refractivity contribution in [2.24, 2.45) is 4.99 Å². The number of nitrogens with zero attached hydrogens (tertiary/aromatic N) is 1. The minimum atomic E-state index is -0.269. The van der Waals surface area contributed by atoms with Crippen LogP contribution in [0, 0.1) is 0 Å². The SMILES string of the molecule is CS1(C)CC=NC1. The summed E-state index contributed by atoms with van der Waals surface area (Å²) in [6.45, 7) is 0. The van der Waals surface area contributed by atoms with Gasteiger partial charge in [0.25, 0.3) is 0 Å². The van der Waals surface area contributed by atoms with Gasteiger partial charge in [0.1, 0.15) is 0 Å². The zero-order valence-electron chi connectivity index (χ0n) is 4.85. The van der Waals surface area contributed by atoms with Gasteiger partial charge in [-0.3, -0.25) is 4.99 Å². The second kappa shape index (κ2) is 1.51. The maximum absolute atomic E-state index is 4.15. The maximum Gasteiger partial charge on any atom is 0.0688 e. The molecular weight excluding hydrogens is 106 g/mol. The smallest absolute Gasteiger partial charge is 0.0688 e. The Balaban J connectivity index is 2.49. The summed E-state index contributed by atoms with van der Waals surface area (Å²) in [4.78, 5) is 4.15. The van der Waals surface area contributed by atoms with E-state index in [2.05, 4.69) is 23.7 Å². The van der Waals surface area contributed by atoms with Crippen molar-refractivity contribution >= 4 is 16.2 Å². The Kier molecular flexibility index (Phi) is 1.11. The topological polar surface area (TPSA) is 12.4 Å². The van der Waals surface area contributed by atoms with Crippen LogP contribution in [0.3, 0.4) is 0 Å². The van der Waals surface area contributed by atoms with Crippen LogP contribution in [-0.2, 0) is 0 Å². The van der Waals surface area contributed by atoms with Gasteiger partial charge in [0.2, 0.25) is 0 Å². The largest absolute Gasteiger partial charge is 0.287 e. The summed E-state index contributed by atoms with van der Waals surface area (Å²) in [5.41, 5.74) is 0. The highest BCUT2D eigenvalue weighted by Crippen LogP contribution is 2.41. The predicted octanol–water partition coefficient (Wildman–Crippen LogP) is 1.09. The van der Waals surface area contributed by atoms with Gasteiger partial charge >= 0.3 is 0 Å². The lowest BCUT2D eigenvalue weighted by atomic mass is 10.9. The van der Waals surface area contributed by atoms with Gasteiger partial charge in [-0.25, -0.2) is 10.0 Å². The molecule has 0 radical (unpaired) electrons. The van der Waals surface area contributed by atoms with Crippen LogP contribution in [0.25, 0.3) is 0 Å². The zero-order valence-corrected chi connectivity index (χ0v) is 5.66. The molecule has 0 aromatic heterocycles. The molecule has 1 rings (SSSR count). The Labute approximate surface area is 46.1 Å². The molecule has 0 amide bonds. The fraction of sp³-hybridized carbons (Fsp3) is 0.800. The number of aliphatic imine (C=N–C) groups is 1. The lowest BCUT2D eigenvalue weighted by Gasteiger charge is -2.20. The molecule has 1 aliphatic heterocycles. The molecule has 0 saturated heterocycles. The fourth-order valence-electron chi connectivity index (χ4n) is 0.562. The molecule has 0 unspecified atom stereocenters. The van der Waals surface area contributed by atoms with E-state index in [9.17, 15) is 0 Å². The van der Waals surface area contributed by atoms with Gasteiger partial charge in [0.05, 0.1) is 5.88 Å². The molecule has 0 bridgehead atoms. The molecule has 2 heteroatoms. The third-order valence-electron chi connectivity index (χ3n) is 1.08. The van der Waals surface area contributed by atoms with Gasteiger partial charge in [-0.2, -0.15) is 0 Å². The first-order chi connectivity index (χ1) is 3.21. The second-order valence-corrected chi connectivity index (χ2v) is 6.55. The number of hydrogen-bond acceptors (Lipinski definition) is 1. The van der Waals surface area contributed by atoms with E-state index >= 15 is 0 Å². The van der Waals surface area contributed by atoms with Crippen LogP contribution in [0.1, 0.15) is 0 Å². The van der Waals surface area contributed by atoms with Crippen molar-refractivity contribution in [2.45, 2.75) is 0 Å². The maximum atomic E-state index is 4.15. The van der Waals surface area contributed by atoms with E-state index in [1.807, 2.05) is 0 Å². The third-order valence-corrected chi connectivity index (χ3v) is 2.98. The second-order valence-electron chi connectivity index (χ2n) is 2.43. The molecule has 42 valence electrons. The van der Waals surface area contributed by atoms with E-state index in [0.717, 1.165) is 5.88 Å². The van der Waals surface area contributed by atoms with Crippen molar-refractivity contribution in [3.05, 3.63) is 0 Å². The lowest BCUT2D eigenvalue weighted by molar-refractivity contribution is 1.41. The number of hydrogen-bond donors (Lipinski definition) is 0. The summed E-state index contributed by atoms with van der Waals surface area (Å²) in [6, 6.07) is 0. The molecule has 1 heterocycles. The van der Waals surface area contributed by atoms with E-state index in [0.29, 0.717) is 0 Å². The Hall–Kier alpha value is 0.0200. The van der Waals surface area contributed by atoms with Crippen molar-refractivity contribution in [2.75, 3.05) is 24.1 Å². The van der Waals surface area contributed by atoms with Crippen molar-refractivity contribution in [3.63, 3.8) is 0 Å². The highest BCUT2D eigenvalue weighted by molar-refractivity contribution is 8.33. The van der Waals surface area contributed by atoms with Gasteiger partial charge in [-0.05, 0) is 12.5 Å². The van der Waals surface area contributed by atoms with Crippen LogP contribution in [0.5, 0.6) is 0 Å². The van der Waals surface area contributed by atoms with Gasteiger partial charge in [0, 0.05) is 12.0 Å². The summed E-state index contributed by atoms with van der Waals surface area (Å²) < 4.78 is 0. The summed E-state index contributed by atoms with van der Waals surface area (Å²) in [7, 11) is -0.269. The van der Waals surface area contributed by atoms with E-state index in [4.69, 9.17) is 0 Å². The quantitative estimate of drug-likeness (QED) is 0.450. The first-order valence-electron chi connectivity index (χ1n) is 2.38.